The van der Waals surface area contributed by atoms with Gasteiger partial charge in [-0.1, -0.05) is 18.2 Å². The van der Waals surface area contributed by atoms with Gasteiger partial charge in [-0.3, -0.25) is 9.59 Å². The van der Waals surface area contributed by atoms with Crippen molar-refractivity contribution in [2.24, 2.45) is 0 Å². The van der Waals surface area contributed by atoms with Crippen LogP contribution < -0.4 is 10.7 Å². The summed E-state index contributed by atoms with van der Waals surface area (Å²) < 4.78 is 41.4. The normalized spacial score (nSPS) is 11.7. The lowest BCUT2D eigenvalue weighted by molar-refractivity contribution is -0.137. The number of nitrogens with zero attached hydrogens (tertiary/aromatic N) is 2. The lowest BCUT2D eigenvalue weighted by Gasteiger charge is -2.16. The SMILES string of the molecule is Cc1[nH]c2ccc(CNC(=O)c3nn(-c4ccccc4C(F)(F)F)c(C)cc3=O)cc2c1C. The van der Waals surface area contributed by atoms with Crippen LogP contribution in [0.2, 0.25) is 0 Å². The van der Waals surface area contributed by atoms with Crippen LogP contribution in [-0.4, -0.2) is 20.7 Å². The molecule has 9 heteroatoms. The summed E-state index contributed by atoms with van der Waals surface area (Å²) in [5.74, 6) is -0.764. The molecule has 2 aromatic heterocycles. The molecule has 0 fully saturated rings. The summed E-state index contributed by atoms with van der Waals surface area (Å²) >= 11 is 0. The summed E-state index contributed by atoms with van der Waals surface area (Å²) in [6, 6.07) is 11.7. The number of aryl methyl sites for hydroxylation is 3. The monoisotopic (exact) mass is 454 g/mol. The Kier molecular flexibility index (Phi) is 5.57. The molecule has 1 amide bonds. The maximum Gasteiger partial charge on any atom is 0.418 e. The van der Waals surface area contributed by atoms with Gasteiger partial charge in [0.15, 0.2) is 5.69 Å². The first-order valence-corrected chi connectivity index (χ1v) is 10.2. The van der Waals surface area contributed by atoms with Crippen molar-refractivity contribution >= 4 is 16.8 Å². The van der Waals surface area contributed by atoms with Gasteiger partial charge in [0, 0.05) is 34.9 Å². The topological polar surface area (TPSA) is 79.8 Å². The van der Waals surface area contributed by atoms with Crippen LogP contribution in [0.5, 0.6) is 0 Å². The van der Waals surface area contributed by atoms with E-state index in [1.807, 2.05) is 32.0 Å². The third-order valence-electron chi connectivity index (χ3n) is 5.59. The zero-order chi connectivity index (χ0) is 23.9. The van der Waals surface area contributed by atoms with Crippen LogP contribution in [0.15, 0.2) is 53.3 Å². The van der Waals surface area contributed by atoms with Crippen molar-refractivity contribution in [3.05, 3.63) is 92.5 Å². The Hall–Kier alpha value is -3.88. The number of fused-ring (bicyclic) bond motifs is 1. The Morgan fingerprint density at radius 2 is 1.82 bits per heavy atom. The summed E-state index contributed by atoms with van der Waals surface area (Å²) in [5, 5.41) is 7.65. The molecule has 0 unspecified atom stereocenters. The Morgan fingerprint density at radius 1 is 1.09 bits per heavy atom. The minimum absolute atomic E-state index is 0.132. The quantitative estimate of drug-likeness (QED) is 0.474. The highest BCUT2D eigenvalue weighted by Crippen LogP contribution is 2.33. The van der Waals surface area contributed by atoms with Crippen LogP contribution in [0.25, 0.3) is 16.6 Å². The molecule has 6 nitrogen and oxygen atoms in total. The lowest BCUT2D eigenvalue weighted by Crippen LogP contribution is -2.32. The van der Waals surface area contributed by atoms with Crippen molar-refractivity contribution in [2.75, 3.05) is 0 Å². The summed E-state index contributed by atoms with van der Waals surface area (Å²) in [6.45, 7) is 5.56. The van der Waals surface area contributed by atoms with Gasteiger partial charge < -0.3 is 10.3 Å². The number of H-pyrrole nitrogens is 1. The van der Waals surface area contributed by atoms with Gasteiger partial charge in [0.25, 0.3) is 5.91 Å². The van der Waals surface area contributed by atoms with Gasteiger partial charge in [-0.25, -0.2) is 4.68 Å². The summed E-state index contributed by atoms with van der Waals surface area (Å²) in [7, 11) is 0. The Balaban J connectivity index is 1.64. The van der Waals surface area contributed by atoms with E-state index in [0.717, 1.165) is 44.5 Å². The number of hydrogen-bond acceptors (Lipinski definition) is 3. The highest BCUT2D eigenvalue weighted by molar-refractivity contribution is 5.92. The fourth-order valence-corrected chi connectivity index (χ4v) is 3.73. The van der Waals surface area contributed by atoms with Gasteiger partial charge >= 0.3 is 6.18 Å². The second kappa shape index (κ2) is 8.23. The van der Waals surface area contributed by atoms with E-state index in [0.29, 0.717) is 0 Å². The van der Waals surface area contributed by atoms with Crippen molar-refractivity contribution in [3.8, 4) is 5.69 Å². The van der Waals surface area contributed by atoms with Gasteiger partial charge in [0.2, 0.25) is 5.43 Å². The smallest absolute Gasteiger partial charge is 0.358 e. The van der Waals surface area contributed by atoms with Gasteiger partial charge in [-0.2, -0.15) is 18.3 Å². The van der Waals surface area contributed by atoms with E-state index in [4.69, 9.17) is 0 Å². The first kappa shape index (κ1) is 22.3. The molecule has 0 aliphatic rings. The van der Waals surface area contributed by atoms with E-state index in [2.05, 4.69) is 15.4 Å². The van der Waals surface area contributed by atoms with Gasteiger partial charge in [0.1, 0.15) is 0 Å². The number of carbonyl (C=O) groups excluding carboxylic acids is 1. The Bertz CT molecular complexity index is 1430. The van der Waals surface area contributed by atoms with Crippen LogP contribution >= 0.6 is 0 Å². The summed E-state index contributed by atoms with van der Waals surface area (Å²) in [5.41, 5.74) is 1.79. The number of aromatic amines is 1. The molecule has 2 heterocycles. The molecular weight excluding hydrogens is 433 g/mol. The van der Waals surface area contributed by atoms with Crippen molar-refractivity contribution in [3.63, 3.8) is 0 Å². The molecule has 0 aliphatic heterocycles. The second-order valence-corrected chi connectivity index (χ2v) is 7.86. The van der Waals surface area contributed by atoms with E-state index < -0.39 is 28.8 Å². The van der Waals surface area contributed by atoms with Crippen LogP contribution in [0.3, 0.4) is 0 Å². The molecule has 4 rings (SSSR count). The Morgan fingerprint density at radius 3 is 2.55 bits per heavy atom. The molecule has 0 saturated heterocycles. The average molecular weight is 454 g/mol. The number of alkyl halides is 3. The molecular formula is C24H21F3N4O2. The number of halogens is 3. The summed E-state index contributed by atoms with van der Waals surface area (Å²) in [6.07, 6.45) is -4.62. The fourth-order valence-electron chi connectivity index (χ4n) is 3.73. The molecule has 0 radical (unpaired) electrons. The van der Waals surface area contributed by atoms with Crippen LogP contribution in [0, 0.1) is 20.8 Å². The first-order chi connectivity index (χ1) is 15.6. The van der Waals surface area contributed by atoms with E-state index in [-0.39, 0.29) is 17.9 Å². The molecule has 0 atom stereocenters. The summed E-state index contributed by atoms with van der Waals surface area (Å²) in [4.78, 5) is 28.4. The molecule has 33 heavy (non-hydrogen) atoms. The predicted octanol–water partition coefficient (Wildman–Crippen LogP) is 4.59. The maximum absolute atomic E-state index is 13.5. The molecule has 0 saturated carbocycles. The van der Waals surface area contributed by atoms with Crippen molar-refractivity contribution in [1.82, 2.24) is 20.1 Å². The molecule has 0 spiro atoms. The third kappa shape index (κ3) is 4.26. The molecule has 0 bridgehead atoms. The van der Waals surface area contributed by atoms with Crippen molar-refractivity contribution in [1.29, 1.82) is 0 Å². The van der Waals surface area contributed by atoms with Gasteiger partial charge in [0.05, 0.1) is 11.3 Å². The van der Waals surface area contributed by atoms with Crippen molar-refractivity contribution in [2.45, 2.75) is 33.5 Å². The number of amides is 1. The standard InChI is InChI=1S/C24H21F3N4O2/c1-13-10-21(32)22(30-31(13)20-7-5-4-6-18(20)24(25,26)27)23(33)28-12-16-8-9-19-17(11-16)14(2)15(3)29-19/h4-11,29H,12H2,1-3H3,(H,28,33). The largest absolute Gasteiger partial charge is 0.418 e. The van der Waals surface area contributed by atoms with Crippen LogP contribution in [0.1, 0.15) is 38.6 Å². The zero-order valence-electron chi connectivity index (χ0n) is 18.2. The van der Waals surface area contributed by atoms with E-state index in [1.54, 1.807) is 0 Å². The second-order valence-electron chi connectivity index (χ2n) is 7.86. The average Bonchev–Trinajstić information content (AvgIpc) is 3.05. The number of hydrogen-bond donors (Lipinski definition) is 2. The minimum atomic E-state index is -4.62. The highest BCUT2D eigenvalue weighted by Gasteiger charge is 2.34. The van der Waals surface area contributed by atoms with E-state index >= 15 is 0 Å². The number of benzene rings is 2. The van der Waals surface area contributed by atoms with Crippen LogP contribution in [0.4, 0.5) is 13.2 Å². The highest BCUT2D eigenvalue weighted by atomic mass is 19.4. The van der Waals surface area contributed by atoms with Crippen LogP contribution in [-0.2, 0) is 12.7 Å². The number of carbonyl (C=O) groups is 1. The molecule has 170 valence electrons. The number of aromatic nitrogens is 3. The predicted molar refractivity (Wildman–Crippen MR) is 119 cm³/mol. The molecule has 2 N–H and O–H groups in total. The van der Waals surface area contributed by atoms with Crippen molar-refractivity contribution < 1.29 is 18.0 Å². The Labute approximate surface area is 187 Å². The molecule has 4 aromatic rings. The fraction of sp³-hybridized carbons (Fsp3) is 0.208. The van der Waals surface area contributed by atoms with E-state index in [9.17, 15) is 22.8 Å². The number of nitrogens with one attached hydrogen (secondary N) is 2. The molecule has 0 aliphatic carbocycles. The number of para-hydroxylation sites is 1. The third-order valence-corrected chi connectivity index (χ3v) is 5.59. The lowest BCUT2D eigenvalue weighted by atomic mass is 10.1. The molecule has 2 aromatic carbocycles. The van der Waals surface area contributed by atoms with Gasteiger partial charge in [-0.15, -0.1) is 0 Å². The minimum Gasteiger partial charge on any atom is -0.358 e. The first-order valence-electron chi connectivity index (χ1n) is 10.2. The number of rotatable bonds is 4. The van der Waals surface area contributed by atoms with Gasteiger partial charge in [-0.05, 0) is 56.2 Å². The maximum atomic E-state index is 13.5. The van der Waals surface area contributed by atoms with E-state index in [1.165, 1.54) is 25.1 Å². The zero-order valence-corrected chi connectivity index (χ0v) is 18.2.